The maximum absolute atomic E-state index is 10.9. The van der Waals surface area contributed by atoms with Crippen LogP contribution < -0.4 is 5.73 Å². The van der Waals surface area contributed by atoms with Crippen LogP contribution in [-0.2, 0) is 19.9 Å². The lowest BCUT2D eigenvalue weighted by molar-refractivity contribution is -0.136. The lowest BCUT2D eigenvalue weighted by atomic mass is 10.1. The Balaban J connectivity index is 0. The van der Waals surface area contributed by atoms with E-state index in [1.165, 1.54) is 7.11 Å². The second kappa shape index (κ2) is 7.34. The lowest BCUT2D eigenvalue weighted by Gasteiger charge is -2.08. The molecule has 0 aromatic rings. The van der Waals surface area contributed by atoms with E-state index in [9.17, 15) is 4.79 Å². The molecule has 0 aliphatic rings. The molecule has 0 fully saturated rings. The van der Waals surface area contributed by atoms with Crippen LogP contribution in [-0.4, -0.2) is 36.6 Å². The second-order valence-electron chi connectivity index (χ2n) is 3.04. The zero-order valence-corrected chi connectivity index (χ0v) is 10.4. The predicted molar refractivity (Wildman–Crippen MR) is 58.2 cm³/mol. The van der Waals surface area contributed by atoms with Crippen molar-refractivity contribution in [1.82, 2.24) is 0 Å². The number of esters is 1. The lowest BCUT2D eigenvalue weighted by Crippen LogP contribution is -2.19. The molecule has 0 rings (SSSR count). The highest BCUT2D eigenvalue weighted by atomic mass is 32.3. The van der Waals surface area contributed by atoms with Gasteiger partial charge in [0.25, 0.3) is 0 Å². The third-order valence-corrected chi connectivity index (χ3v) is 1.77. The summed E-state index contributed by atoms with van der Waals surface area (Å²) in [6, 6.07) is -0.0888. The zero-order valence-electron chi connectivity index (χ0n) is 9.59. The van der Waals surface area contributed by atoms with Crippen molar-refractivity contribution in [2.45, 2.75) is 26.8 Å². The molecule has 0 heterocycles. The Morgan fingerprint density at radius 2 is 1.62 bits per heavy atom. The van der Waals surface area contributed by atoms with Gasteiger partial charge in [-0.2, -0.15) is 8.42 Å². The normalized spacial score (nSPS) is 14.2. The summed E-state index contributed by atoms with van der Waals surface area (Å²) in [5.74, 6) is -0.306. The fourth-order valence-corrected chi connectivity index (χ4v) is 0.656. The van der Waals surface area contributed by atoms with E-state index in [1.54, 1.807) is 6.92 Å². The highest BCUT2D eigenvalue weighted by molar-refractivity contribution is 7.79. The van der Waals surface area contributed by atoms with Crippen LogP contribution in [0.25, 0.3) is 0 Å². The van der Waals surface area contributed by atoms with Crippen molar-refractivity contribution >= 4 is 16.4 Å². The maximum atomic E-state index is 10.9. The molecule has 1 atom stereocenters. The Kier molecular flexibility index (Phi) is 7.99. The molecule has 0 amide bonds. The highest BCUT2D eigenvalue weighted by Crippen LogP contribution is 2.07. The summed E-state index contributed by atoms with van der Waals surface area (Å²) >= 11 is 0. The molecule has 0 aliphatic carbocycles. The largest absolute Gasteiger partial charge is 0.466 e. The molecule has 1 unspecified atom stereocenters. The van der Waals surface area contributed by atoms with Gasteiger partial charge in [0.05, 0.1) is 7.11 Å². The fourth-order valence-electron chi connectivity index (χ4n) is 0.656. The summed E-state index contributed by atoms with van der Waals surface area (Å²) in [5, 5.41) is 0. The molecule has 7 nitrogen and oxygen atoms in total. The minimum Gasteiger partial charge on any atom is -0.466 e. The smallest absolute Gasteiger partial charge is 0.394 e. The Morgan fingerprint density at radius 3 is 1.81 bits per heavy atom. The van der Waals surface area contributed by atoms with E-state index in [0.717, 1.165) is 5.57 Å². The van der Waals surface area contributed by atoms with Gasteiger partial charge in [0, 0.05) is 11.6 Å². The molecule has 0 aliphatic heterocycles. The van der Waals surface area contributed by atoms with E-state index in [4.69, 9.17) is 23.3 Å². The summed E-state index contributed by atoms with van der Waals surface area (Å²) in [4.78, 5) is 10.9. The fraction of sp³-hybridized carbons (Fsp3) is 0.625. The van der Waals surface area contributed by atoms with Crippen molar-refractivity contribution in [3.05, 3.63) is 11.1 Å². The first-order chi connectivity index (χ1) is 7.00. The van der Waals surface area contributed by atoms with Gasteiger partial charge in [-0.15, -0.1) is 0 Å². The predicted octanol–water partition coefficient (Wildman–Crippen LogP) is 0.190. The van der Waals surface area contributed by atoms with Crippen molar-refractivity contribution in [3.8, 4) is 0 Å². The van der Waals surface area contributed by atoms with Gasteiger partial charge in [0.2, 0.25) is 0 Å². The maximum Gasteiger partial charge on any atom is 0.394 e. The number of hydrogen-bond donors (Lipinski definition) is 3. The molecule has 0 aromatic carbocycles. The van der Waals surface area contributed by atoms with Crippen LogP contribution in [0.3, 0.4) is 0 Å². The molecule has 0 radical (unpaired) electrons. The van der Waals surface area contributed by atoms with Crippen LogP contribution in [0.4, 0.5) is 0 Å². The van der Waals surface area contributed by atoms with E-state index >= 15 is 0 Å². The molecule has 16 heavy (non-hydrogen) atoms. The molecule has 0 aromatic heterocycles. The Bertz CT molecular complexity index is 349. The first-order valence-electron chi connectivity index (χ1n) is 4.21. The van der Waals surface area contributed by atoms with E-state index in [1.807, 2.05) is 13.8 Å². The molecule has 8 heteroatoms. The minimum atomic E-state index is -4.67. The number of carbonyl (C=O) groups excluding carboxylic acids is 1. The Labute approximate surface area is 94.9 Å². The topological polar surface area (TPSA) is 127 Å². The van der Waals surface area contributed by atoms with E-state index < -0.39 is 10.4 Å². The SMILES string of the molecule is COC(=O)C(C)=C(C)C(C)N.O=S(=O)(O)O. The molecule has 96 valence electrons. The number of hydrogen-bond acceptors (Lipinski definition) is 5. The van der Waals surface area contributed by atoms with Gasteiger partial charge in [-0.05, 0) is 26.3 Å². The van der Waals surface area contributed by atoms with Gasteiger partial charge in [0.15, 0.2) is 0 Å². The number of rotatable bonds is 2. The number of carbonyl (C=O) groups is 1. The molecular weight excluding hydrogens is 238 g/mol. The van der Waals surface area contributed by atoms with E-state index in [2.05, 4.69) is 4.74 Å². The van der Waals surface area contributed by atoms with Crippen molar-refractivity contribution in [3.63, 3.8) is 0 Å². The number of nitrogens with two attached hydrogens (primary N) is 1. The standard InChI is InChI=1S/C8H15NO2.H2O4S/c1-5(7(3)9)6(2)8(10)11-4;1-5(2,3)4/h7H,9H2,1-4H3;(H2,1,2,3,4). The minimum absolute atomic E-state index is 0.0888. The van der Waals surface area contributed by atoms with Crippen LogP contribution in [0.15, 0.2) is 11.1 Å². The van der Waals surface area contributed by atoms with Crippen molar-refractivity contribution in [2.75, 3.05) is 7.11 Å². The monoisotopic (exact) mass is 255 g/mol. The van der Waals surface area contributed by atoms with Crippen molar-refractivity contribution in [2.24, 2.45) is 5.73 Å². The Morgan fingerprint density at radius 1 is 1.31 bits per heavy atom. The van der Waals surface area contributed by atoms with Crippen LogP contribution in [0.2, 0.25) is 0 Å². The second-order valence-corrected chi connectivity index (χ2v) is 3.93. The first kappa shape index (κ1) is 17.4. The van der Waals surface area contributed by atoms with Crippen molar-refractivity contribution in [1.29, 1.82) is 0 Å². The average molecular weight is 255 g/mol. The van der Waals surface area contributed by atoms with Gasteiger partial charge >= 0.3 is 16.4 Å². The first-order valence-corrected chi connectivity index (χ1v) is 5.61. The van der Waals surface area contributed by atoms with Gasteiger partial charge in [0.1, 0.15) is 0 Å². The number of methoxy groups -OCH3 is 1. The Hall–Kier alpha value is -0.960. The van der Waals surface area contributed by atoms with Gasteiger partial charge in [-0.25, -0.2) is 4.79 Å². The summed E-state index contributed by atoms with van der Waals surface area (Å²) in [6.45, 7) is 5.38. The van der Waals surface area contributed by atoms with Gasteiger partial charge in [-0.3, -0.25) is 9.11 Å². The molecule has 0 saturated heterocycles. The van der Waals surface area contributed by atoms with Crippen molar-refractivity contribution < 1.29 is 27.1 Å². The number of ether oxygens (including phenoxy) is 1. The average Bonchev–Trinajstić information content (AvgIpc) is 2.11. The molecule has 4 N–H and O–H groups in total. The van der Waals surface area contributed by atoms with E-state index in [-0.39, 0.29) is 12.0 Å². The third-order valence-electron chi connectivity index (χ3n) is 1.77. The van der Waals surface area contributed by atoms with Crippen LogP contribution >= 0.6 is 0 Å². The zero-order chi connectivity index (χ0) is 13.5. The summed E-state index contributed by atoms with van der Waals surface area (Å²) in [7, 11) is -3.31. The molecule has 0 saturated carbocycles. The van der Waals surface area contributed by atoms with Crippen LogP contribution in [0.5, 0.6) is 0 Å². The summed E-state index contributed by atoms with van der Waals surface area (Å²) in [5.41, 5.74) is 7.04. The third kappa shape index (κ3) is 11.1. The van der Waals surface area contributed by atoms with Crippen LogP contribution in [0.1, 0.15) is 20.8 Å². The van der Waals surface area contributed by atoms with Crippen LogP contribution in [0, 0.1) is 0 Å². The molecule has 0 bridgehead atoms. The molecule has 0 spiro atoms. The summed E-state index contributed by atoms with van der Waals surface area (Å²) < 4.78 is 36.1. The quantitative estimate of drug-likeness (QED) is 0.365. The van der Waals surface area contributed by atoms with Gasteiger partial charge < -0.3 is 10.5 Å². The highest BCUT2D eigenvalue weighted by Gasteiger charge is 2.09. The molecular formula is C8H17NO6S. The van der Waals surface area contributed by atoms with Gasteiger partial charge in [-0.1, -0.05) is 0 Å². The van der Waals surface area contributed by atoms with E-state index in [0.29, 0.717) is 5.57 Å². The summed E-state index contributed by atoms with van der Waals surface area (Å²) in [6.07, 6.45) is 0.